The number of nitrogens with one attached hydrogen (secondary N) is 3. The predicted octanol–water partition coefficient (Wildman–Crippen LogP) is 2.97. The molecule has 0 fully saturated rings. The lowest BCUT2D eigenvalue weighted by Crippen LogP contribution is -3.14. The molecule has 3 aromatic rings. The van der Waals surface area contributed by atoms with E-state index in [-0.39, 0.29) is 18.4 Å². The van der Waals surface area contributed by atoms with Crippen molar-refractivity contribution < 1.29 is 14.5 Å². The van der Waals surface area contributed by atoms with E-state index in [4.69, 9.17) is 11.6 Å². The van der Waals surface area contributed by atoms with E-state index in [0.717, 1.165) is 21.4 Å². The molecular formula is C22H23ClN3O2+. The zero-order chi connectivity index (χ0) is 20.1. The molecule has 144 valence electrons. The van der Waals surface area contributed by atoms with Gasteiger partial charge in [0.05, 0.1) is 17.8 Å². The average molecular weight is 397 g/mol. The third-order valence-electron chi connectivity index (χ3n) is 4.74. The topological polar surface area (TPSA) is 62.6 Å². The van der Waals surface area contributed by atoms with Crippen molar-refractivity contribution in [3.8, 4) is 0 Å². The van der Waals surface area contributed by atoms with Gasteiger partial charge in [0.15, 0.2) is 12.6 Å². The second-order valence-corrected chi connectivity index (χ2v) is 7.23. The van der Waals surface area contributed by atoms with E-state index in [9.17, 15) is 9.59 Å². The van der Waals surface area contributed by atoms with Crippen molar-refractivity contribution in [2.45, 2.75) is 13.0 Å². The number of para-hydroxylation sites is 1. The van der Waals surface area contributed by atoms with Crippen LogP contribution >= 0.6 is 11.6 Å². The van der Waals surface area contributed by atoms with Gasteiger partial charge in [-0.25, -0.2) is 0 Å². The fourth-order valence-electron chi connectivity index (χ4n) is 2.90. The normalized spacial score (nSPS) is 13.0. The maximum Gasteiger partial charge on any atom is 0.282 e. The van der Waals surface area contributed by atoms with Crippen LogP contribution in [0.15, 0.2) is 66.7 Å². The molecule has 0 spiro atoms. The molecule has 6 heteroatoms. The molecule has 0 radical (unpaired) electrons. The minimum atomic E-state index is -0.400. The quantitative estimate of drug-likeness (QED) is 0.599. The zero-order valence-corrected chi connectivity index (χ0v) is 16.6. The summed E-state index contributed by atoms with van der Waals surface area (Å²) in [4.78, 5) is 25.7. The number of hydrogen-bond donors (Lipinski definition) is 3. The molecule has 3 rings (SSSR count). The lowest BCUT2D eigenvalue weighted by Gasteiger charge is -2.21. The molecule has 2 amide bonds. The Morgan fingerprint density at radius 2 is 1.64 bits per heavy atom. The number of quaternary nitrogens is 1. The highest BCUT2D eigenvalue weighted by Gasteiger charge is 2.24. The van der Waals surface area contributed by atoms with E-state index in [1.807, 2.05) is 49.5 Å². The van der Waals surface area contributed by atoms with Gasteiger partial charge in [0.1, 0.15) is 0 Å². The maximum atomic E-state index is 12.6. The second-order valence-electron chi connectivity index (χ2n) is 6.82. The van der Waals surface area contributed by atoms with Gasteiger partial charge in [0.2, 0.25) is 0 Å². The molecule has 1 unspecified atom stereocenters. The Kier molecular flexibility index (Phi) is 6.29. The number of fused-ring (bicyclic) bond motifs is 1. The van der Waals surface area contributed by atoms with Crippen molar-refractivity contribution in [3.05, 3.63) is 71.8 Å². The molecule has 0 aromatic heterocycles. The molecule has 0 aliphatic carbocycles. The number of benzene rings is 3. The monoisotopic (exact) mass is 396 g/mol. The van der Waals surface area contributed by atoms with E-state index < -0.39 is 6.04 Å². The van der Waals surface area contributed by atoms with Crippen LogP contribution in [-0.4, -0.2) is 31.4 Å². The van der Waals surface area contributed by atoms with E-state index in [0.29, 0.717) is 10.7 Å². The lowest BCUT2D eigenvalue weighted by atomic mass is 10.1. The Balaban J connectivity index is 1.58. The Bertz CT molecular complexity index is 1010. The molecule has 2 atom stereocenters. The van der Waals surface area contributed by atoms with E-state index >= 15 is 0 Å². The Morgan fingerprint density at radius 3 is 2.39 bits per heavy atom. The molecule has 28 heavy (non-hydrogen) atoms. The summed E-state index contributed by atoms with van der Waals surface area (Å²) in [5.41, 5.74) is 1.30. The van der Waals surface area contributed by atoms with Crippen LogP contribution in [0.4, 0.5) is 11.4 Å². The third kappa shape index (κ3) is 4.88. The maximum absolute atomic E-state index is 12.6. The first-order valence-corrected chi connectivity index (χ1v) is 9.48. The first-order chi connectivity index (χ1) is 13.4. The van der Waals surface area contributed by atoms with Crippen LogP contribution in [0.3, 0.4) is 0 Å². The lowest BCUT2D eigenvalue weighted by molar-refractivity contribution is -0.885. The van der Waals surface area contributed by atoms with E-state index in [1.165, 1.54) is 0 Å². The Morgan fingerprint density at radius 1 is 0.964 bits per heavy atom. The van der Waals surface area contributed by atoms with Crippen LogP contribution in [0.25, 0.3) is 10.8 Å². The summed E-state index contributed by atoms with van der Waals surface area (Å²) in [5.74, 6) is -0.339. The number of anilines is 2. The molecule has 3 aromatic carbocycles. The van der Waals surface area contributed by atoms with E-state index in [2.05, 4.69) is 10.6 Å². The molecule has 0 heterocycles. The van der Waals surface area contributed by atoms with Crippen LogP contribution in [0.2, 0.25) is 5.02 Å². The van der Waals surface area contributed by atoms with Crippen LogP contribution in [0, 0.1) is 0 Å². The number of hydrogen-bond acceptors (Lipinski definition) is 2. The highest BCUT2D eigenvalue weighted by Crippen LogP contribution is 2.20. The van der Waals surface area contributed by atoms with Gasteiger partial charge in [-0.2, -0.15) is 0 Å². The van der Waals surface area contributed by atoms with Gasteiger partial charge < -0.3 is 15.5 Å². The average Bonchev–Trinajstić information content (AvgIpc) is 2.69. The zero-order valence-electron chi connectivity index (χ0n) is 15.8. The summed E-state index contributed by atoms with van der Waals surface area (Å²) in [6.45, 7) is 1.95. The van der Waals surface area contributed by atoms with Gasteiger partial charge >= 0.3 is 0 Å². The smallest absolute Gasteiger partial charge is 0.282 e. The highest BCUT2D eigenvalue weighted by molar-refractivity contribution is 6.33. The number of halogens is 1. The molecule has 5 nitrogen and oxygen atoms in total. The summed E-state index contributed by atoms with van der Waals surface area (Å²) in [6, 6.07) is 20.4. The van der Waals surface area contributed by atoms with Crippen molar-refractivity contribution in [1.82, 2.24) is 0 Å². The fourth-order valence-corrected chi connectivity index (χ4v) is 3.09. The SMILES string of the molecule is C[C@H](C(=O)Nc1ccc2ccccc2c1)[NH+](C)CC(=O)Nc1ccccc1Cl. The standard InChI is InChI=1S/C22H22ClN3O2/c1-15(26(2)14-21(27)25-20-10-6-5-9-19(20)23)22(28)24-18-12-11-16-7-3-4-8-17(16)13-18/h3-13,15H,14H2,1-2H3,(H,24,28)(H,25,27)/p+1/t15-/m1/s1. The summed E-state index contributed by atoms with van der Waals surface area (Å²) >= 11 is 6.06. The molecule has 0 aliphatic heterocycles. The van der Waals surface area contributed by atoms with Gasteiger partial charge in [0.25, 0.3) is 11.8 Å². The molecule has 0 saturated heterocycles. The third-order valence-corrected chi connectivity index (χ3v) is 5.07. The van der Waals surface area contributed by atoms with Crippen molar-refractivity contribution in [2.24, 2.45) is 0 Å². The predicted molar refractivity (Wildman–Crippen MR) is 114 cm³/mol. The minimum Gasteiger partial charge on any atom is -0.321 e. The van der Waals surface area contributed by atoms with Crippen LogP contribution < -0.4 is 15.5 Å². The summed E-state index contributed by atoms with van der Waals surface area (Å²) < 4.78 is 0. The fraction of sp³-hybridized carbons (Fsp3) is 0.182. The summed E-state index contributed by atoms with van der Waals surface area (Å²) in [5, 5.41) is 8.38. The Hall–Kier alpha value is -2.89. The van der Waals surface area contributed by atoms with Gasteiger partial charge in [-0.3, -0.25) is 9.59 Å². The molecule has 0 aliphatic rings. The van der Waals surface area contributed by atoms with Gasteiger partial charge in [-0.05, 0) is 42.0 Å². The summed E-state index contributed by atoms with van der Waals surface area (Å²) in [7, 11) is 1.82. The number of likely N-dealkylation sites (N-methyl/N-ethyl adjacent to an activating group) is 1. The number of carbonyl (C=O) groups is 2. The molecule has 3 N–H and O–H groups in total. The van der Waals surface area contributed by atoms with Crippen molar-refractivity contribution in [3.63, 3.8) is 0 Å². The van der Waals surface area contributed by atoms with Crippen LogP contribution in [0.5, 0.6) is 0 Å². The van der Waals surface area contributed by atoms with Crippen molar-refractivity contribution in [1.29, 1.82) is 0 Å². The van der Waals surface area contributed by atoms with Gasteiger partial charge in [-0.15, -0.1) is 0 Å². The first-order valence-electron chi connectivity index (χ1n) is 9.10. The minimum absolute atomic E-state index is 0.140. The largest absolute Gasteiger partial charge is 0.321 e. The van der Waals surface area contributed by atoms with E-state index in [1.54, 1.807) is 31.2 Å². The first kappa shape index (κ1) is 19.9. The molecular weight excluding hydrogens is 374 g/mol. The van der Waals surface area contributed by atoms with Gasteiger partial charge in [-0.1, -0.05) is 54.1 Å². The van der Waals surface area contributed by atoms with Crippen molar-refractivity contribution in [2.75, 3.05) is 24.2 Å². The van der Waals surface area contributed by atoms with Crippen LogP contribution in [-0.2, 0) is 9.59 Å². The number of carbonyl (C=O) groups excluding carboxylic acids is 2. The summed E-state index contributed by atoms with van der Waals surface area (Å²) in [6.07, 6.45) is 0. The number of rotatable bonds is 6. The molecule has 0 saturated carbocycles. The van der Waals surface area contributed by atoms with Crippen molar-refractivity contribution >= 4 is 45.6 Å². The van der Waals surface area contributed by atoms with Crippen LogP contribution in [0.1, 0.15) is 6.92 Å². The second kappa shape index (κ2) is 8.87. The molecule has 0 bridgehead atoms. The highest BCUT2D eigenvalue weighted by atomic mass is 35.5. The number of amides is 2. The Labute approximate surface area is 169 Å². The van der Waals surface area contributed by atoms with Gasteiger partial charge in [0, 0.05) is 5.69 Å².